The number of hydrogen-bond acceptors (Lipinski definition) is 3. The third-order valence-electron chi connectivity index (χ3n) is 4.94. The fourth-order valence-electron chi connectivity index (χ4n) is 3.19. The number of pyridine rings is 2. The van der Waals surface area contributed by atoms with Crippen LogP contribution >= 0.6 is 0 Å². The number of aromatic nitrogens is 2. The summed E-state index contributed by atoms with van der Waals surface area (Å²) in [6.07, 6.45) is 3.48. The molecule has 0 aliphatic rings. The maximum atomic E-state index is 13.0. The molecule has 4 aromatic rings. The minimum Gasteiger partial charge on any atom is -0.348 e. The predicted octanol–water partition coefficient (Wildman–Crippen LogP) is 4.84. The van der Waals surface area contributed by atoms with Crippen molar-refractivity contribution in [1.29, 1.82) is 0 Å². The van der Waals surface area contributed by atoms with Crippen LogP contribution in [0.3, 0.4) is 0 Å². The Morgan fingerprint density at radius 3 is 2.61 bits per heavy atom. The van der Waals surface area contributed by atoms with E-state index in [0.29, 0.717) is 12.1 Å². The number of fused-ring (bicyclic) bond motifs is 1. The number of nitrogens with one attached hydrogen (secondary N) is 1. The highest BCUT2D eigenvalue weighted by atomic mass is 16.1. The van der Waals surface area contributed by atoms with Crippen LogP contribution in [0.2, 0.25) is 0 Å². The molecule has 4 rings (SSSR count). The summed E-state index contributed by atoms with van der Waals surface area (Å²) in [6, 6.07) is 19.7. The van der Waals surface area contributed by atoms with E-state index in [0.717, 1.165) is 27.7 Å². The zero-order valence-corrected chi connectivity index (χ0v) is 15.9. The maximum absolute atomic E-state index is 13.0. The molecule has 0 aliphatic carbocycles. The van der Waals surface area contributed by atoms with Crippen molar-refractivity contribution in [3.63, 3.8) is 0 Å². The van der Waals surface area contributed by atoms with E-state index in [1.807, 2.05) is 42.5 Å². The minimum absolute atomic E-state index is 0.118. The van der Waals surface area contributed by atoms with Crippen LogP contribution in [0.1, 0.15) is 27.0 Å². The quantitative estimate of drug-likeness (QED) is 0.561. The van der Waals surface area contributed by atoms with Gasteiger partial charge in [0.15, 0.2) is 0 Å². The number of nitrogens with zero attached hydrogens (tertiary/aromatic N) is 2. The van der Waals surface area contributed by atoms with Gasteiger partial charge in [-0.05, 0) is 54.8 Å². The molecule has 2 aromatic heterocycles. The average Bonchev–Trinajstić information content (AvgIpc) is 2.74. The summed E-state index contributed by atoms with van der Waals surface area (Å²) in [4.78, 5) is 21.9. The molecule has 0 bridgehead atoms. The number of carbonyl (C=O) groups excluding carboxylic acids is 1. The Morgan fingerprint density at radius 1 is 0.964 bits per heavy atom. The first-order valence-electron chi connectivity index (χ1n) is 9.26. The predicted molar refractivity (Wildman–Crippen MR) is 112 cm³/mol. The van der Waals surface area contributed by atoms with Crippen LogP contribution in [0, 0.1) is 13.8 Å². The molecule has 28 heavy (non-hydrogen) atoms. The fourth-order valence-corrected chi connectivity index (χ4v) is 3.19. The van der Waals surface area contributed by atoms with Gasteiger partial charge in [0.05, 0.1) is 16.8 Å². The molecule has 0 spiro atoms. The average molecular weight is 367 g/mol. The third-order valence-corrected chi connectivity index (χ3v) is 4.94. The number of benzene rings is 2. The summed E-state index contributed by atoms with van der Waals surface area (Å²) < 4.78 is 0. The van der Waals surface area contributed by atoms with Crippen molar-refractivity contribution in [2.45, 2.75) is 20.4 Å². The van der Waals surface area contributed by atoms with Crippen molar-refractivity contribution in [1.82, 2.24) is 15.3 Å². The van der Waals surface area contributed by atoms with E-state index in [2.05, 4.69) is 42.3 Å². The van der Waals surface area contributed by atoms with E-state index in [1.54, 1.807) is 12.4 Å². The molecular weight excluding hydrogens is 346 g/mol. The molecule has 1 N–H and O–H groups in total. The van der Waals surface area contributed by atoms with Crippen LogP contribution in [-0.4, -0.2) is 15.9 Å². The van der Waals surface area contributed by atoms with Gasteiger partial charge in [0.25, 0.3) is 5.91 Å². The zero-order valence-electron chi connectivity index (χ0n) is 15.9. The van der Waals surface area contributed by atoms with Gasteiger partial charge >= 0.3 is 0 Å². The topological polar surface area (TPSA) is 54.9 Å². The lowest BCUT2D eigenvalue weighted by molar-refractivity contribution is 0.0952. The second-order valence-electron chi connectivity index (χ2n) is 6.92. The van der Waals surface area contributed by atoms with Gasteiger partial charge in [-0.3, -0.25) is 9.78 Å². The van der Waals surface area contributed by atoms with Crippen molar-refractivity contribution in [3.05, 3.63) is 95.3 Å². The summed E-state index contributed by atoms with van der Waals surface area (Å²) in [5.74, 6) is -0.118. The molecule has 0 saturated carbocycles. The van der Waals surface area contributed by atoms with Gasteiger partial charge in [-0.2, -0.15) is 0 Å². The van der Waals surface area contributed by atoms with Crippen LogP contribution in [0.4, 0.5) is 0 Å². The molecule has 2 aromatic carbocycles. The van der Waals surface area contributed by atoms with Gasteiger partial charge < -0.3 is 5.32 Å². The highest BCUT2D eigenvalue weighted by Crippen LogP contribution is 2.26. The zero-order chi connectivity index (χ0) is 19.5. The van der Waals surface area contributed by atoms with Crippen molar-refractivity contribution >= 4 is 16.8 Å². The van der Waals surface area contributed by atoms with Crippen molar-refractivity contribution in [3.8, 4) is 11.3 Å². The van der Waals surface area contributed by atoms with E-state index < -0.39 is 0 Å². The molecule has 4 heteroatoms. The summed E-state index contributed by atoms with van der Waals surface area (Å²) in [5.41, 5.74) is 6.65. The van der Waals surface area contributed by atoms with Crippen molar-refractivity contribution in [2.75, 3.05) is 0 Å². The third kappa shape index (κ3) is 3.62. The van der Waals surface area contributed by atoms with E-state index in [-0.39, 0.29) is 5.91 Å². The second-order valence-corrected chi connectivity index (χ2v) is 6.92. The Morgan fingerprint density at radius 2 is 1.82 bits per heavy atom. The summed E-state index contributed by atoms with van der Waals surface area (Å²) in [5, 5.41) is 3.85. The number of carbonyl (C=O) groups is 1. The number of rotatable bonds is 4. The summed E-state index contributed by atoms with van der Waals surface area (Å²) in [6.45, 7) is 4.61. The van der Waals surface area contributed by atoms with Crippen LogP contribution in [0.25, 0.3) is 22.2 Å². The van der Waals surface area contributed by atoms with Gasteiger partial charge in [0, 0.05) is 29.9 Å². The second kappa shape index (κ2) is 7.61. The first-order chi connectivity index (χ1) is 13.6. The first-order valence-corrected chi connectivity index (χ1v) is 9.26. The van der Waals surface area contributed by atoms with Crippen molar-refractivity contribution in [2.24, 2.45) is 0 Å². The van der Waals surface area contributed by atoms with E-state index in [9.17, 15) is 4.79 Å². The molecule has 1 amide bonds. The Labute approximate surface area is 164 Å². The van der Waals surface area contributed by atoms with E-state index in [1.165, 1.54) is 11.1 Å². The van der Waals surface area contributed by atoms with Gasteiger partial charge in [-0.15, -0.1) is 0 Å². The minimum atomic E-state index is -0.118. The van der Waals surface area contributed by atoms with Crippen LogP contribution < -0.4 is 5.32 Å². The SMILES string of the molecule is Cc1ccc(-c2cc(C(=O)NCc3cccnc3)c3ccccc3n2)cc1C. The fraction of sp³-hybridized carbons (Fsp3) is 0.125. The van der Waals surface area contributed by atoms with Crippen molar-refractivity contribution < 1.29 is 4.79 Å². The number of amides is 1. The molecule has 0 aliphatic heterocycles. The molecule has 0 radical (unpaired) electrons. The standard InChI is InChI=1S/C24H21N3O/c1-16-9-10-19(12-17(16)2)23-13-21(20-7-3-4-8-22(20)27-23)24(28)26-15-18-6-5-11-25-14-18/h3-14H,15H2,1-2H3,(H,26,28). The lowest BCUT2D eigenvalue weighted by Crippen LogP contribution is -2.23. The molecular formula is C24H21N3O. The Balaban J connectivity index is 1.73. The highest BCUT2D eigenvalue weighted by Gasteiger charge is 2.14. The Hall–Kier alpha value is -3.53. The molecule has 0 unspecified atom stereocenters. The molecule has 138 valence electrons. The largest absolute Gasteiger partial charge is 0.348 e. The summed E-state index contributed by atoms with van der Waals surface area (Å²) in [7, 11) is 0. The molecule has 0 saturated heterocycles. The maximum Gasteiger partial charge on any atom is 0.252 e. The molecule has 0 fully saturated rings. The Bertz CT molecular complexity index is 1150. The highest BCUT2D eigenvalue weighted by molar-refractivity contribution is 6.07. The smallest absolute Gasteiger partial charge is 0.252 e. The summed E-state index contributed by atoms with van der Waals surface area (Å²) >= 11 is 0. The van der Waals surface area contributed by atoms with Gasteiger partial charge in [0.2, 0.25) is 0 Å². The monoisotopic (exact) mass is 367 g/mol. The number of aryl methyl sites for hydroxylation is 2. The Kier molecular flexibility index (Phi) is 4.85. The van der Waals surface area contributed by atoms with Gasteiger partial charge in [0.1, 0.15) is 0 Å². The number of para-hydroxylation sites is 1. The lowest BCUT2D eigenvalue weighted by Gasteiger charge is -2.11. The van der Waals surface area contributed by atoms with E-state index in [4.69, 9.17) is 4.98 Å². The van der Waals surface area contributed by atoms with Crippen LogP contribution in [0.5, 0.6) is 0 Å². The molecule has 4 nitrogen and oxygen atoms in total. The lowest BCUT2D eigenvalue weighted by atomic mass is 10.0. The van der Waals surface area contributed by atoms with Crippen LogP contribution in [-0.2, 0) is 6.54 Å². The first kappa shape index (κ1) is 17.9. The molecule has 0 atom stereocenters. The van der Waals surface area contributed by atoms with Gasteiger partial charge in [-0.1, -0.05) is 36.4 Å². The molecule has 2 heterocycles. The number of hydrogen-bond donors (Lipinski definition) is 1. The van der Waals surface area contributed by atoms with E-state index >= 15 is 0 Å². The van der Waals surface area contributed by atoms with Gasteiger partial charge in [-0.25, -0.2) is 4.98 Å². The normalized spacial score (nSPS) is 10.8. The van der Waals surface area contributed by atoms with Crippen LogP contribution in [0.15, 0.2) is 73.1 Å².